The molecule has 1 aliphatic rings. The second kappa shape index (κ2) is 6.97. The number of carbonyl (C=O) groups excluding carboxylic acids is 2. The Kier molecular flexibility index (Phi) is 4.74. The second-order valence-corrected chi connectivity index (χ2v) is 6.57. The van der Waals surface area contributed by atoms with E-state index in [1.165, 1.54) is 0 Å². The number of rotatable bonds is 4. The summed E-state index contributed by atoms with van der Waals surface area (Å²) in [7, 11) is 0. The molecule has 2 amide bonds. The van der Waals surface area contributed by atoms with Gasteiger partial charge in [0.2, 0.25) is 11.8 Å². The molecule has 3 rings (SSSR count). The first-order chi connectivity index (χ1) is 11.9. The smallest absolute Gasteiger partial charge is 0.247 e. The molecule has 25 heavy (non-hydrogen) atoms. The molecule has 0 fully saturated rings. The highest BCUT2D eigenvalue weighted by Gasteiger charge is 2.28. The molecule has 0 radical (unpaired) electrons. The van der Waals surface area contributed by atoms with Crippen molar-refractivity contribution in [2.75, 3.05) is 10.6 Å². The van der Waals surface area contributed by atoms with Gasteiger partial charge in [-0.05, 0) is 49.6 Å². The Morgan fingerprint density at radius 2 is 1.76 bits per heavy atom. The van der Waals surface area contributed by atoms with Crippen LogP contribution in [0.4, 0.5) is 11.4 Å². The van der Waals surface area contributed by atoms with Crippen molar-refractivity contribution in [2.24, 2.45) is 0 Å². The van der Waals surface area contributed by atoms with E-state index < -0.39 is 6.04 Å². The van der Waals surface area contributed by atoms with Crippen LogP contribution in [0.1, 0.15) is 36.1 Å². The number of carbonyl (C=O) groups is 2. The highest BCUT2D eigenvalue weighted by molar-refractivity contribution is 6.05. The van der Waals surface area contributed by atoms with E-state index >= 15 is 0 Å². The lowest BCUT2D eigenvalue weighted by atomic mass is 10.0. The summed E-state index contributed by atoms with van der Waals surface area (Å²) >= 11 is 0. The molecule has 130 valence electrons. The van der Waals surface area contributed by atoms with Gasteiger partial charge in [-0.3, -0.25) is 9.59 Å². The molecule has 2 aromatic carbocycles. The molecular weight excluding hydrogens is 314 g/mol. The van der Waals surface area contributed by atoms with Crippen LogP contribution in [0.15, 0.2) is 42.5 Å². The number of nitrogens with one attached hydrogen (secondary N) is 3. The van der Waals surface area contributed by atoms with Gasteiger partial charge < -0.3 is 16.0 Å². The Morgan fingerprint density at radius 1 is 1.12 bits per heavy atom. The standard InChI is InChI=1S/C20H23N3O2/c1-12-9-16-17(10-13(12)2)23-20(25)18(22-16)11-19(24)21-14(3)15-7-5-4-6-8-15/h4-10,14,18,22H,11H2,1-3H3,(H,21,24)(H,23,25)/t14-,18+/m1/s1. The fourth-order valence-corrected chi connectivity index (χ4v) is 2.97. The number of aryl methyl sites for hydroxylation is 2. The van der Waals surface area contributed by atoms with Crippen molar-refractivity contribution in [3.05, 3.63) is 59.2 Å². The molecule has 1 heterocycles. The summed E-state index contributed by atoms with van der Waals surface area (Å²) in [5.74, 6) is -0.338. The number of fused-ring (bicyclic) bond motifs is 1. The first-order valence-electron chi connectivity index (χ1n) is 8.47. The molecule has 0 spiro atoms. The lowest BCUT2D eigenvalue weighted by molar-refractivity contribution is -0.125. The average molecular weight is 337 g/mol. The summed E-state index contributed by atoms with van der Waals surface area (Å²) < 4.78 is 0. The lowest BCUT2D eigenvalue weighted by Crippen LogP contribution is -2.42. The molecular formula is C20H23N3O2. The largest absolute Gasteiger partial charge is 0.372 e. The van der Waals surface area contributed by atoms with Gasteiger partial charge in [0.05, 0.1) is 23.8 Å². The highest BCUT2D eigenvalue weighted by Crippen LogP contribution is 2.30. The number of hydrogen-bond donors (Lipinski definition) is 3. The maximum atomic E-state index is 12.3. The number of hydrogen-bond acceptors (Lipinski definition) is 3. The molecule has 5 nitrogen and oxygen atoms in total. The van der Waals surface area contributed by atoms with E-state index in [1.807, 2.05) is 63.2 Å². The van der Waals surface area contributed by atoms with Gasteiger partial charge in [-0.15, -0.1) is 0 Å². The fraction of sp³-hybridized carbons (Fsp3) is 0.300. The van der Waals surface area contributed by atoms with Crippen LogP contribution in [0, 0.1) is 13.8 Å². The lowest BCUT2D eigenvalue weighted by Gasteiger charge is -2.27. The molecule has 2 atom stereocenters. The van der Waals surface area contributed by atoms with Crippen molar-refractivity contribution in [3.8, 4) is 0 Å². The molecule has 0 bridgehead atoms. The summed E-state index contributed by atoms with van der Waals surface area (Å²) in [5, 5.41) is 9.02. The van der Waals surface area contributed by atoms with E-state index in [-0.39, 0.29) is 24.3 Å². The zero-order valence-electron chi connectivity index (χ0n) is 14.7. The summed E-state index contributed by atoms with van der Waals surface area (Å²) in [6.07, 6.45) is 0.0926. The van der Waals surface area contributed by atoms with Crippen LogP contribution in [0.5, 0.6) is 0 Å². The first-order valence-corrected chi connectivity index (χ1v) is 8.47. The second-order valence-electron chi connectivity index (χ2n) is 6.57. The van der Waals surface area contributed by atoms with Gasteiger partial charge >= 0.3 is 0 Å². The van der Waals surface area contributed by atoms with Gasteiger partial charge in [-0.25, -0.2) is 0 Å². The molecule has 0 aliphatic carbocycles. The quantitative estimate of drug-likeness (QED) is 0.802. The minimum absolute atomic E-state index is 0.0926. The molecule has 0 unspecified atom stereocenters. The maximum absolute atomic E-state index is 12.3. The first kappa shape index (κ1) is 17.0. The molecule has 1 aliphatic heterocycles. The highest BCUT2D eigenvalue weighted by atomic mass is 16.2. The Hall–Kier alpha value is -2.82. The van der Waals surface area contributed by atoms with Crippen LogP contribution in [-0.4, -0.2) is 17.9 Å². The maximum Gasteiger partial charge on any atom is 0.247 e. The predicted octanol–water partition coefficient (Wildman–Crippen LogP) is 3.30. The van der Waals surface area contributed by atoms with Crippen LogP contribution >= 0.6 is 0 Å². The van der Waals surface area contributed by atoms with Gasteiger partial charge in [-0.2, -0.15) is 0 Å². The normalized spacial score (nSPS) is 17.1. The van der Waals surface area contributed by atoms with E-state index in [4.69, 9.17) is 0 Å². The van der Waals surface area contributed by atoms with Crippen LogP contribution in [0.3, 0.4) is 0 Å². The van der Waals surface area contributed by atoms with Gasteiger partial charge in [0.15, 0.2) is 0 Å². The number of benzene rings is 2. The van der Waals surface area contributed by atoms with Gasteiger partial charge in [0.25, 0.3) is 0 Å². The zero-order valence-corrected chi connectivity index (χ0v) is 14.7. The minimum atomic E-state index is -0.572. The van der Waals surface area contributed by atoms with Gasteiger partial charge in [0, 0.05) is 0 Å². The van der Waals surface area contributed by atoms with Crippen molar-refractivity contribution in [2.45, 2.75) is 39.3 Å². The summed E-state index contributed by atoms with van der Waals surface area (Å²) in [5.41, 5.74) is 4.92. The number of anilines is 2. The fourth-order valence-electron chi connectivity index (χ4n) is 2.97. The van der Waals surface area contributed by atoms with Crippen LogP contribution in [0.2, 0.25) is 0 Å². The molecule has 2 aromatic rings. The summed E-state index contributed by atoms with van der Waals surface area (Å²) in [6, 6.07) is 13.0. The third-order valence-electron chi connectivity index (χ3n) is 4.60. The van der Waals surface area contributed by atoms with Crippen molar-refractivity contribution in [1.29, 1.82) is 0 Å². The average Bonchev–Trinajstić information content (AvgIpc) is 2.58. The summed E-state index contributed by atoms with van der Waals surface area (Å²) in [6.45, 7) is 5.96. The minimum Gasteiger partial charge on any atom is -0.372 e. The van der Waals surface area contributed by atoms with Crippen molar-refractivity contribution >= 4 is 23.2 Å². The summed E-state index contributed by atoms with van der Waals surface area (Å²) in [4.78, 5) is 24.6. The predicted molar refractivity (Wildman–Crippen MR) is 99.6 cm³/mol. The molecule has 0 saturated carbocycles. The Bertz CT molecular complexity index is 802. The van der Waals surface area contributed by atoms with Crippen molar-refractivity contribution < 1.29 is 9.59 Å². The van der Waals surface area contributed by atoms with Crippen molar-refractivity contribution in [1.82, 2.24) is 5.32 Å². The van der Waals surface area contributed by atoms with Crippen LogP contribution in [-0.2, 0) is 9.59 Å². The molecule has 3 N–H and O–H groups in total. The molecule has 0 aromatic heterocycles. The topological polar surface area (TPSA) is 70.2 Å². The SMILES string of the molecule is Cc1cc2c(cc1C)N[C@@H](CC(=O)N[C@H](C)c1ccccc1)C(=O)N2. The van der Waals surface area contributed by atoms with Gasteiger partial charge in [0.1, 0.15) is 6.04 Å². The Balaban J connectivity index is 1.65. The zero-order chi connectivity index (χ0) is 18.0. The third kappa shape index (κ3) is 3.82. The molecule has 5 heteroatoms. The Labute approximate surface area is 147 Å². The van der Waals surface area contributed by atoms with Crippen LogP contribution in [0.25, 0.3) is 0 Å². The monoisotopic (exact) mass is 337 g/mol. The van der Waals surface area contributed by atoms with E-state index in [9.17, 15) is 9.59 Å². The third-order valence-corrected chi connectivity index (χ3v) is 4.60. The van der Waals surface area contributed by atoms with Crippen LogP contribution < -0.4 is 16.0 Å². The van der Waals surface area contributed by atoms with E-state index in [2.05, 4.69) is 16.0 Å². The van der Waals surface area contributed by atoms with E-state index in [0.717, 1.165) is 28.1 Å². The van der Waals surface area contributed by atoms with E-state index in [1.54, 1.807) is 0 Å². The van der Waals surface area contributed by atoms with Crippen molar-refractivity contribution in [3.63, 3.8) is 0 Å². The van der Waals surface area contributed by atoms with Gasteiger partial charge in [-0.1, -0.05) is 30.3 Å². The number of amides is 2. The molecule has 0 saturated heterocycles. The van der Waals surface area contributed by atoms with E-state index in [0.29, 0.717) is 0 Å². The Morgan fingerprint density at radius 3 is 2.44 bits per heavy atom.